The zero-order chi connectivity index (χ0) is 17.3. The van der Waals surface area contributed by atoms with E-state index in [1.165, 1.54) is 5.56 Å². The summed E-state index contributed by atoms with van der Waals surface area (Å²) in [7, 11) is -1.28. The van der Waals surface area contributed by atoms with E-state index in [-0.39, 0.29) is 11.8 Å². The van der Waals surface area contributed by atoms with Crippen LogP contribution in [0.15, 0.2) is 64.9 Å². The number of nitrogens with zero attached hydrogens (tertiary/aromatic N) is 1. The number of sulfonamides is 1. The van der Waals surface area contributed by atoms with Gasteiger partial charge in [-0.25, -0.2) is 8.42 Å². The predicted octanol–water partition coefficient (Wildman–Crippen LogP) is 2.83. The average Bonchev–Trinajstić information content (AvgIpc) is 2.67. The van der Waals surface area contributed by atoms with Crippen LogP contribution < -0.4 is 4.72 Å². The van der Waals surface area contributed by atoms with Crippen LogP contribution in [0.3, 0.4) is 0 Å². The van der Waals surface area contributed by atoms with Gasteiger partial charge in [0.25, 0.3) is 0 Å². The lowest BCUT2D eigenvalue weighted by molar-refractivity contribution is 0.334. The minimum Gasteiger partial charge on any atom is -0.302 e. The van der Waals surface area contributed by atoms with Gasteiger partial charge in [-0.2, -0.15) is 0 Å². The topological polar surface area (TPSA) is 49.4 Å². The molecule has 1 heterocycles. The fourth-order valence-corrected chi connectivity index (χ4v) is 4.17. The first-order valence-electron chi connectivity index (χ1n) is 7.84. The molecule has 0 amide bonds. The monoisotopic (exact) mass is 364 g/mol. The molecule has 0 aromatic heterocycles. The van der Waals surface area contributed by atoms with Crippen molar-refractivity contribution in [3.05, 3.63) is 70.4 Å². The number of halogens is 1. The van der Waals surface area contributed by atoms with Crippen LogP contribution in [-0.2, 0) is 10.0 Å². The molecule has 1 N–H and O–H groups in total. The molecule has 0 bridgehead atoms. The standard InChI is InChI=1S/C18H21ClN2O2S/c1-21-9-8-14-10-17(19)18(20-24(2,22)23)11-15(14)16(12-21)13-6-4-3-5-7-13/h3-8,10-11,15-16,20H,9,12H2,1-2H3/t15?,16-/m0/s1. The van der Waals surface area contributed by atoms with Crippen molar-refractivity contribution in [2.45, 2.75) is 5.92 Å². The molecule has 1 unspecified atom stereocenters. The number of allylic oxidation sites excluding steroid dienone is 4. The van der Waals surface area contributed by atoms with Gasteiger partial charge in [0.2, 0.25) is 10.0 Å². The van der Waals surface area contributed by atoms with Gasteiger partial charge in [0.15, 0.2) is 0 Å². The van der Waals surface area contributed by atoms with Crippen LogP contribution >= 0.6 is 11.6 Å². The summed E-state index contributed by atoms with van der Waals surface area (Å²) in [6.45, 7) is 1.74. The molecule has 3 rings (SSSR count). The first-order chi connectivity index (χ1) is 11.3. The van der Waals surface area contributed by atoms with Crippen molar-refractivity contribution in [3.63, 3.8) is 0 Å². The van der Waals surface area contributed by atoms with Gasteiger partial charge in [-0.1, -0.05) is 54.1 Å². The molecule has 1 aromatic carbocycles. The Bertz CT molecular complexity index is 813. The van der Waals surface area contributed by atoms with Gasteiger partial charge in [-0.05, 0) is 24.3 Å². The largest absolute Gasteiger partial charge is 0.302 e. The van der Waals surface area contributed by atoms with Crippen LogP contribution in [0.5, 0.6) is 0 Å². The highest BCUT2D eigenvalue weighted by atomic mass is 35.5. The average molecular weight is 365 g/mol. The van der Waals surface area contributed by atoms with E-state index in [2.05, 4.69) is 34.9 Å². The van der Waals surface area contributed by atoms with E-state index in [1.807, 2.05) is 30.4 Å². The Morgan fingerprint density at radius 3 is 2.62 bits per heavy atom. The minimum absolute atomic E-state index is 0.0871. The van der Waals surface area contributed by atoms with Gasteiger partial charge in [0, 0.05) is 24.9 Å². The second kappa shape index (κ2) is 6.75. The lowest BCUT2D eigenvalue weighted by Crippen LogP contribution is -2.29. The van der Waals surface area contributed by atoms with Crippen LogP contribution in [0.2, 0.25) is 0 Å². The molecule has 0 saturated carbocycles. The predicted molar refractivity (Wildman–Crippen MR) is 98.3 cm³/mol. The lowest BCUT2D eigenvalue weighted by atomic mass is 9.79. The molecular formula is C18H21ClN2O2S. The van der Waals surface area contributed by atoms with Crippen LogP contribution in [0, 0.1) is 5.92 Å². The number of likely N-dealkylation sites (N-methyl/N-ethyl adjacent to an activating group) is 1. The third-order valence-electron chi connectivity index (χ3n) is 4.39. The summed E-state index contributed by atoms with van der Waals surface area (Å²) in [4.78, 5) is 2.27. The van der Waals surface area contributed by atoms with E-state index < -0.39 is 10.0 Å². The molecule has 0 saturated heterocycles. The summed E-state index contributed by atoms with van der Waals surface area (Å²) in [5.41, 5.74) is 2.84. The van der Waals surface area contributed by atoms with Crippen molar-refractivity contribution in [3.8, 4) is 0 Å². The number of fused-ring (bicyclic) bond motifs is 1. The van der Waals surface area contributed by atoms with E-state index in [0.717, 1.165) is 24.9 Å². The van der Waals surface area contributed by atoms with Gasteiger partial charge in [-0.3, -0.25) is 4.72 Å². The van der Waals surface area contributed by atoms with E-state index in [1.54, 1.807) is 0 Å². The molecule has 0 radical (unpaired) electrons. The SMILES string of the molecule is CN1CC=C2C=C(Cl)C(NS(C)(=O)=O)=CC2[C@H](c2ccccc2)C1. The molecule has 24 heavy (non-hydrogen) atoms. The maximum Gasteiger partial charge on any atom is 0.229 e. The Morgan fingerprint density at radius 2 is 1.96 bits per heavy atom. The molecule has 2 aliphatic rings. The second-order valence-corrected chi connectivity index (χ2v) is 8.57. The highest BCUT2D eigenvalue weighted by Gasteiger charge is 2.31. The number of benzene rings is 1. The quantitative estimate of drug-likeness (QED) is 0.897. The Balaban J connectivity index is 2.04. The Labute approximate surface area is 148 Å². The Kier molecular flexibility index (Phi) is 4.85. The molecular weight excluding hydrogens is 344 g/mol. The Morgan fingerprint density at radius 1 is 1.25 bits per heavy atom. The molecule has 128 valence electrons. The molecule has 1 aromatic rings. The lowest BCUT2D eigenvalue weighted by Gasteiger charge is -2.30. The molecule has 4 nitrogen and oxygen atoms in total. The molecule has 0 fully saturated rings. The third-order valence-corrected chi connectivity index (χ3v) is 5.29. The highest BCUT2D eigenvalue weighted by molar-refractivity contribution is 7.88. The number of hydrogen-bond donors (Lipinski definition) is 1. The summed E-state index contributed by atoms with van der Waals surface area (Å²) in [6.07, 6.45) is 7.14. The summed E-state index contributed by atoms with van der Waals surface area (Å²) >= 11 is 6.30. The summed E-state index contributed by atoms with van der Waals surface area (Å²) in [5, 5.41) is 0.430. The fourth-order valence-electron chi connectivity index (χ4n) is 3.30. The zero-order valence-electron chi connectivity index (χ0n) is 13.7. The highest BCUT2D eigenvalue weighted by Crippen LogP contribution is 2.39. The molecule has 1 aliphatic heterocycles. The number of hydrogen-bond acceptors (Lipinski definition) is 3. The zero-order valence-corrected chi connectivity index (χ0v) is 15.3. The smallest absolute Gasteiger partial charge is 0.229 e. The molecule has 1 aliphatic carbocycles. The van der Waals surface area contributed by atoms with Crippen molar-refractivity contribution in [1.29, 1.82) is 0 Å². The molecule has 2 atom stereocenters. The summed E-state index contributed by atoms with van der Waals surface area (Å²) in [5.74, 6) is 0.325. The van der Waals surface area contributed by atoms with E-state index >= 15 is 0 Å². The summed E-state index contributed by atoms with van der Waals surface area (Å²) in [6, 6.07) is 10.3. The van der Waals surface area contributed by atoms with Crippen LogP contribution in [0.4, 0.5) is 0 Å². The van der Waals surface area contributed by atoms with Gasteiger partial charge < -0.3 is 4.90 Å². The van der Waals surface area contributed by atoms with Gasteiger partial charge in [0.1, 0.15) is 0 Å². The fraction of sp³-hybridized carbons (Fsp3) is 0.333. The van der Waals surface area contributed by atoms with Gasteiger partial charge in [-0.15, -0.1) is 0 Å². The first-order valence-corrected chi connectivity index (χ1v) is 10.1. The van der Waals surface area contributed by atoms with Crippen molar-refractivity contribution in [1.82, 2.24) is 9.62 Å². The number of rotatable bonds is 3. The second-order valence-electron chi connectivity index (χ2n) is 6.42. The van der Waals surface area contributed by atoms with E-state index in [9.17, 15) is 8.42 Å². The van der Waals surface area contributed by atoms with Crippen molar-refractivity contribution < 1.29 is 8.42 Å². The minimum atomic E-state index is -3.37. The maximum atomic E-state index is 11.6. The Hall–Kier alpha value is -1.56. The van der Waals surface area contributed by atoms with Crippen LogP contribution in [-0.4, -0.2) is 39.7 Å². The number of nitrogens with one attached hydrogen (secondary N) is 1. The maximum absolute atomic E-state index is 11.6. The molecule has 6 heteroatoms. The third kappa shape index (κ3) is 3.91. The van der Waals surface area contributed by atoms with Crippen LogP contribution in [0.25, 0.3) is 0 Å². The van der Waals surface area contributed by atoms with E-state index in [0.29, 0.717) is 10.7 Å². The first kappa shape index (κ1) is 17.3. The van der Waals surface area contributed by atoms with E-state index in [4.69, 9.17) is 11.6 Å². The van der Waals surface area contributed by atoms with Crippen molar-refractivity contribution in [2.24, 2.45) is 5.92 Å². The normalized spacial score (nSPS) is 25.0. The summed E-state index contributed by atoms with van der Waals surface area (Å²) < 4.78 is 25.8. The van der Waals surface area contributed by atoms with Crippen molar-refractivity contribution >= 4 is 21.6 Å². The molecule has 0 spiro atoms. The van der Waals surface area contributed by atoms with Gasteiger partial charge >= 0.3 is 0 Å². The van der Waals surface area contributed by atoms with Crippen LogP contribution in [0.1, 0.15) is 11.5 Å². The van der Waals surface area contributed by atoms with Gasteiger partial charge in [0.05, 0.1) is 17.0 Å². The van der Waals surface area contributed by atoms with Crippen molar-refractivity contribution in [2.75, 3.05) is 26.4 Å².